The summed E-state index contributed by atoms with van der Waals surface area (Å²) in [4.78, 5) is 0. The van der Waals surface area contributed by atoms with Crippen molar-refractivity contribution in [3.63, 3.8) is 0 Å². The van der Waals surface area contributed by atoms with Crippen LogP contribution in [0.1, 0.15) is 26.2 Å². The molecule has 2 nitrogen and oxygen atoms in total. The average Bonchev–Trinajstić information content (AvgIpc) is 1.69. The number of hydrogen-bond acceptors (Lipinski definition) is 2. The summed E-state index contributed by atoms with van der Waals surface area (Å²) in [5.41, 5.74) is 0. The molecule has 0 saturated carbocycles. The highest BCUT2D eigenvalue weighted by molar-refractivity contribution is 5.55. The third-order valence-corrected chi connectivity index (χ3v) is 0.768. The number of unbranched alkanes of at least 4 members (excludes halogenated alkanes) is 2. The van der Waals surface area contributed by atoms with Gasteiger partial charge in [0.1, 0.15) is 0 Å². The lowest BCUT2D eigenvalue weighted by molar-refractivity contribution is 0.320. The van der Waals surface area contributed by atoms with E-state index in [-0.39, 0.29) is 0 Å². The van der Waals surface area contributed by atoms with Crippen molar-refractivity contribution in [2.45, 2.75) is 26.2 Å². The molecule has 0 aromatic rings. The third-order valence-electron chi connectivity index (χ3n) is 0.768. The molecule has 0 aromatic heterocycles. The van der Waals surface area contributed by atoms with Crippen molar-refractivity contribution < 1.29 is 5.21 Å². The first-order chi connectivity index (χ1) is 3.41. The molecule has 2 heteroatoms. The zero-order valence-electron chi connectivity index (χ0n) is 4.59. The van der Waals surface area contributed by atoms with Crippen molar-refractivity contribution in [3.8, 4) is 0 Å². The largest absolute Gasteiger partial charge is 0.411 e. The predicted molar refractivity (Wildman–Crippen MR) is 29.8 cm³/mol. The molecule has 0 aliphatic heterocycles. The Labute approximate surface area is 43.8 Å². The van der Waals surface area contributed by atoms with Gasteiger partial charge in [0.25, 0.3) is 0 Å². The van der Waals surface area contributed by atoms with E-state index < -0.39 is 0 Å². The first-order valence-corrected chi connectivity index (χ1v) is 2.57. The molecular weight excluding hydrogens is 90.1 g/mol. The van der Waals surface area contributed by atoms with Gasteiger partial charge in [-0.2, -0.15) is 0 Å². The van der Waals surface area contributed by atoms with Gasteiger partial charge in [0.15, 0.2) is 0 Å². The van der Waals surface area contributed by atoms with E-state index in [1.54, 1.807) is 0 Å². The molecule has 0 unspecified atom stereocenters. The van der Waals surface area contributed by atoms with E-state index in [2.05, 4.69) is 12.1 Å². The number of rotatable bonds is 3. The minimum absolute atomic E-state index is 0.896. The Morgan fingerprint density at radius 2 is 2.43 bits per heavy atom. The second-order valence-corrected chi connectivity index (χ2v) is 1.44. The predicted octanol–water partition coefficient (Wildman–Crippen LogP) is 1.64. The molecule has 42 valence electrons. The van der Waals surface area contributed by atoms with Crippen LogP contribution in [0.4, 0.5) is 0 Å². The van der Waals surface area contributed by atoms with E-state index in [1.165, 1.54) is 6.21 Å². The van der Waals surface area contributed by atoms with Gasteiger partial charge in [-0.1, -0.05) is 13.3 Å². The number of nitrogens with zero attached hydrogens (tertiary/aromatic N) is 1. The zero-order chi connectivity index (χ0) is 5.54. The highest BCUT2D eigenvalue weighted by atomic mass is 16.4. The molecular formula is C5H11NO. The fraction of sp³-hybridized carbons (Fsp3) is 0.800. The lowest BCUT2D eigenvalue weighted by Crippen LogP contribution is -1.72. The smallest absolute Gasteiger partial charge is 0.0435 e. The van der Waals surface area contributed by atoms with Crippen LogP contribution in [0.5, 0.6) is 0 Å². The minimum Gasteiger partial charge on any atom is -0.411 e. The van der Waals surface area contributed by atoms with E-state index >= 15 is 0 Å². The maximum absolute atomic E-state index is 7.86. The van der Waals surface area contributed by atoms with Gasteiger partial charge in [-0.15, -0.1) is 5.16 Å². The first kappa shape index (κ1) is 6.47. The van der Waals surface area contributed by atoms with Crippen LogP contribution in [0.15, 0.2) is 5.16 Å². The van der Waals surface area contributed by atoms with Crippen LogP contribution in [0.25, 0.3) is 0 Å². The molecule has 0 fully saturated rings. The van der Waals surface area contributed by atoms with Crippen LogP contribution >= 0.6 is 0 Å². The fourth-order valence-corrected chi connectivity index (χ4v) is 0.353. The molecule has 0 rings (SSSR count). The molecule has 0 spiro atoms. The van der Waals surface area contributed by atoms with Gasteiger partial charge in [-0.05, 0) is 12.8 Å². The molecule has 0 atom stereocenters. The lowest BCUT2D eigenvalue weighted by Gasteiger charge is -1.82. The fourth-order valence-electron chi connectivity index (χ4n) is 0.353. The Morgan fingerprint density at radius 1 is 1.71 bits per heavy atom. The third kappa shape index (κ3) is 5.47. The Hall–Kier alpha value is -0.530. The van der Waals surface area contributed by atoms with Crippen LogP contribution in [-0.4, -0.2) is 11.4 Å². The maximum atomic E-state index is 7.86. The molecule has 0 radical (unpaired) electrons. The summed E-state index contributed by atoms with van der Waals surface area (Å²) in [5.74, 6) is 0. The molecule has 0 bridgehead atoms. The van der Waals surface area contributed by atoms with E-state index in [0.29, 0.717) is 0 Å². The van der Waals surface area contributed by atoms with E-state index in [0.717, 1.165) is 19.3 Å². The van der Waals surface area contributed by atoms with Gasteiger partial charge >= 0.3 is 0 Å². The summed E-state index contributed by atoms with van der Waals surface area (Å²) in [6.07, 6.45) is 4.69. The quantitative estimate of drug-likeness (QED) is 0.249. The monoisotopic (exact) mass is 101 g/mol. The maximum Gasteiger partial charge on any atom is 0.0435 e. The first-order valence-electron chi connectivity index (χ1n) is 2.57. The SMILES string of the molecule is CCCC/C=N/O. The molecule has 0 heterocycles. The van der Waals surface area contributed by atoms with Crippen molar-refractivity contribution in [2.24, 2.45) is 5.16 Å². The summed E-state index contributed by atoms with van der Waals surface area (Å²) >= 11 is 0. The summed E-state index contributed by atoms with van der Waals surface area (Å²) < 4.78 is 0. The van der Waals surface area contributed by atoms with Gasteiger partial charge in [0.2, 0.25) is 0 Å². The van der Waals surface area contributed by atoms with Crippen molar-refractivity contribution in [2.75, 3.05) is 0 Å². The van der Waals surface area contributed by atoms with Gasteiger partial charge in [0.05, 0.1) is 0 Å². The Kier molecular flexibility index (Phi) is 5.06. The molecule has 0 saturated heterocycles. The molecule has 0 aliphatic carbocycles. The number of oxime groups is 1. The summed E-state index contributed by atoms with van der Waals surface area (Å²) in [5, 5.41) is 10.7. The Morgan fingerprint density at radius 3 is 2.86 bits per heavy atom. The highest BCUT2D eigenvalue weighted by Crippen LogP contribution is 1.88. The van der Waals surface area contributed by atoms with Crippen molar-refractivity contribution >= 4 is 6.21 Å². The standard InChI is InChI=1S/C5H11NO/c1-2-3-4-5-6-7/h5,7H,2-4H2,1H3/b6-5+. The Bertz CT molecular complexity index is 52.0. The van der Waals surface area contributed by atoms with Crippen molar-refractivity contribution in [1.29, 1.82) is 0 Å². The molecule has 0 amide bonds. The van der Waals surface area contributed by atoms with Gasteiger partial charge in [-0.3, -0.25) is 0 Å². The second kappa shape index (κ2) is 5.47. The van der Waals surface area contributed by atoms with Crippen LogP contribution in [-0.2, 0) is 0 Å². The second-order valence-electron chi connectivity index (χ2n) is 1.44. The summed E-state index contributed by atoms with van der Waals surface area (Å²) in [6.45, 7) is 2.10. The van der Waals surface area contributed by atoms with Gasteiger partial charge in [-0.25, -0.2) is 0 Å². The highest BCUT2D eigenvalue weighted by Gasteiger charge is 1.75. The van der Waals surface area contributed by atoms with Crippen molar-refractivity contribution in [3.05, 3.63) is 0 Å². The van der Waals surface area contributed by atoms with E-state index in [9.17, 15) is 0 Å². The van der Waals surface area contributed by atoms with Gasteiger partial charge < -0.3 is 5.21 Å². The molecule has 0 aliphatic rings. The molecule has 7 heavy (non-hydrogen) atoms. The molecule has 1 N–H and O–H groups in total. The van der Waals surface area contributed by atoms with E-state index in [4.69, 9.17) is 5.21 Å². The van der Waals surface area contributed by atoms with Gasteiger partial charge in [0, 0.05) is 6.21 Å². The van der Waals surface area contributed by atoms with Crippen LogP contribution < -0.4 is 0 Å². The number of hydrogen-bond donors (Lipinski definition) is 1. The summed E-state index contributed by atoms with van der Waals surface area (Å²) in [6, 6.07) is 0. The van der Waals surface area contributed by atoms with Crippen LogP contribution in [0, 0.1) is 0 Å². The summed E-state index contributed by atoms with van der Waals surface area (Å²) in [7, 11) is 0. The Balaban J connectivity index is 2.69. The lowest BCUT2D eigenvalue weighted by atomic mass is 10.3. The minimum atomic E-state index is 0.896. The van der Waals surface area contributed by atoms with Crippen molar-refractivity contribution in [1.82, 2.24) is 0 Å². The average molecular weight is 101 g/mol. The topological polar surface area (TPSA) is 32.6 Å². The zero-order valence-corrected chi connectivity index (χ0v) is 4.59. The van der Waals surface area contributed by atoms with Crippen LogP contribution in [0.3, 0.4) is 0 Å². The van der Waals surface area contributed by atoms with Crippen LogP contribution in [0.2, 0.25) is 0 Å². The molecule has 0 aromatic carbocycles. The van der Waals surface area contributed by atoms with E-state index in [1.807, 2.05) is 0 Å². The normalized spacial score (nSPS) is 10.4.